The summed E-state index contributed by atoms with van der Waals surface area (Å²) in [5, 5.41) is 9.24. The lowest BCUT2D eigenvalue weighted by Gasteiger charge is -2.28. The lowest BCUT2D eigenvalue weighted by molar-refractivity contribution is 0.606. The van der Waals surface area contributed by atoms with Crippen LogP contribution in [0.5, 0.6) is 0 Å². The zero-order valence-corrected chi connectivity index (χ0v) is 19.1. The van der Waals surface area contributed by atoms with Crippen molar-refractivity contribution in [2.45, 2.75) is 11.8 Å². The van der Waals surface area contributed by atoms with E-state index in [1.807, 2.05) is 30.3 Å². The predicted molar refractivity (Wildman–Crippen MR) is 128 cm³/mol. The molecule has 0 saturated carbocycles. The summed E-state index contributed by atoms with van der Waals surface area (Å²) in [6.45, 7) is 0. The third kappa shape index (κ3) is 5.45. The zero-order chi connectivity index (χ0) is 24.1. The molecule has 0 aliphatic carbocycles. The molecule has 0 bridgehead atoms. The molecule has 2 heterocycles. The first-order valence-electron chi connectivity index (χ1n) is 10.4. The Morgan fingerprint density at radius 1 is 0.882 bits per heavy atom. The predicted octanol–water partition coefficient (Wildman–Crippen LogP) is 4.82. The molecule has 170 valence electrons. The van der Waals surface area contributed by atoms with Crippen molar-refractivity contribution >= 4 is 15.8 Å². The Kier molecular flexibility index (Phi) is 6.66. The number of hydrogen-bond acceptors (Lipinski definition) is 5. The van der Waals surface area contributed by atoms with E-state index in [-0.39, 0.29) is 17.6 Å². The average Bonchev–Trinajstić information content (AvgIpc) is 2.83. The van der Waals surface area contributed by atoms with Crippen LogP contribution in [0.25, 0.3) is 0 Å². The Morgan fingerprint density at radius 2 is 1.56 bits per heavy atom. The first-order chi connectivity index (χ1) is 16.3. The van der Waals surface area contributed by atoms with E-state index >= 15 is 0 Å². The highest BCUT2D eigenvalue weighted by Gasteiger charge is 2.30. The third-order valence-corrected chi connectivity index (χ3v) is 5.96. The van der Waals surface area contributed by atoms with Gasteiger partial charge in [-0.1, -0.05) is 36.4 Å². The Bertz CT molecular complexity index is 1420. The van der Waals surface area contributed by atoms with Gasteiger partial charge in [0.15, 0.2) is 0 Å². The minimum absolute atomic E-state index is 0.192. The zero-order valence-electron chi connectivity index (χ0n) is 18.3. The van der Waals surface area contributed by atoms with Crippen molar-refractivity contribution in [3.8, 4) is 6.07 Å². The molecule has 4 aromatic rings. The molecule has 0 aliphatic heterocycles. The Morgan fingerprint density at radius 3 is 2.18 bits per heavy atom. The second kappa shape index (κ2) is 9.81. The number of hydrogen-bond donors (Lipinski definition) is 1. The van der Waals surface area contributed by atoms with Crippen LogP contribution >= 0.6 is 0 Å². The van der Waals surface area contributed by atoms with Crippen molar-refractivity contribution in [3.63, 3.8) is 0 Å². The van der Waals surface area contributed by atoms with Crippen molar-refractivity contribution in [3.05, 3.63) is 125 Å². The lowest BCUT2D eigenvalue weighted by atomic mass is 9.75. The van der Waals surface area contributed by atoms with Crippen LogP contribution in [-0.4, -0.2) is 24.6 Å². The summed E-state index contributed by atoms with van der Waals surface area (Å²) >= 11 is 0. The molecule has 0 radical (unpaired) electrons. The van der Waals surface area contributed by atoms with Crippen LogP contribution in [0.4, 0.5) is 10.2 Å². The molecule has 8 heteroatoms. The fourth-order valence-corrected chi connectivity index (χ4v) is 4.47. The highest BCUT2D eigenvalue weighted by atomic mass is 32.2. The summed E-state index contributed by atoms with van der Waals surface area (Å²) in [6, 6.07) is 24.5. The van der Waals surface area contributed by atoms with Crippen molar-refractivity contribution in [2.24, 2.45) is 0 Å². The highest BCUT2D eigenvalue weighted by molar-refractivity contribution is 7.92. The van der Waals surface area contributed by atoms with E-state index in [9.17, 15) is 18.1 Å². The summed E-state index contributed by atoms with van der Waals surface area (Å²) in [6.07, 6.45) is 4.51. The number of sulfonamides is 1. The smallest absolute Gasteiger partial charge is 0.230 e. The van der Waals surface area contributed by atoms with E-state index in [0.29, 0.717) is 11.3 Å². The van der Waals surface area contributed by atoms with Gasteiger partial charge in [-0.05, 0) is 59.2 Å². The molecule has 4 rings (SSSR count). The number of aromatic nitrogens is 2. The van der Waals surface area contributed by atoms with Crippen LogP contribution in [0.3, 0.4) is 0 Å². The molecule has 6 nitrogen and oxygen atoms in total. The number of nitrogens with zero attached hydrogens (tertiary/aromatic N) is 3. The van der Waals surface area contributed by atoms with E-state index in [1.165, 1.54) is 12.1 Å². The van der Waals surface area contributed by atoms with Crippen molar-refractivity contribution in [2.75, 3.05) is 11.0 Å². The van der Waals surface area contributed by atoms with Crippen LogP contribution in [0.2, 0.25) is 0 Å². The van der Waals surface area contributed by atoms with E-state index in [4.69, 9.17) is 0 Å². The maximum Gasteiger partial charge on any atom is 0.230 e. The molecule has 0 fully saturated rings. The summed E-state index contributed by atoms with van der Waals surface area (Å²) in [5.74, 6) is -0.872. The van der Waals surface area contributed by atoms with Gasteiger partial charge in [0.2, 0.25) is 10.0 Å². The van der Waals surface area contributed by atoms with Crippen molar-refractivity contribution in [1.29, 1.82) is 5.26 Å². The number of nitriles is 1. The van der Waals surface area contributed by atoms with Crippen molar-refractivity contribution in [1.82, 2.24) is 9.97 Å². The Labute approximate surface area is 197 Å². The molecule has 2 aromatic heterocycles. The van der Waals surface area contributed by atoms with Gasteiger partial charge in [0.25, 0.3) is 0 Å². The number of rotatable bonds is 7. The summed E-state index contributed by atoms with van der Waals surface area (Å²) in [5.41, 5.74) is 3.72. The fraction of sp³-hybridized carbons (Fsp3) is 0.115. The van der Waals surface area contributed by atoms with Gasteiger partial charge in [-0.3, -0.25) is 9.71 Å². The van der Waals surface area contributed by atoms with E-state index in [0.717, 1.165) is 22.9 Å². The molecular weight excluding hydrogens is 451 g/mol. The molecule has 2 atom stereocenters. The lowest BCUT2D eigenvalue weighted by Crippen LogP contribution is -2.18. The van der Waals surface area contributed by atoms with E-state index in [1.54, 1.807) is 48.8 Å². The van der Waals surface area contributed by atoms with Crippen LogP contribution in [0.15, 0.2) is 91.3 Å². The molecule has 2 aromatic carbocycles. The maximum atomic E-state index is 13.8. The van der Waals surface area contributed by atoms with E-state index < -0.39 is 15.9 Å². The minimum atomic E-state index is -3.52. The van der Waals surface area contributed by atoms with Gasteiger partial charge in [0.05, 0.1) is 23.6 Å². The standard InChI is InChI=1S/C26H21FN4O2S/c1-34(32,33)31-24-6-2-5-23(30-24)26(20-11-13-22(27)14-12-20)25(21-4-3-15-29-17-21)19-9-7-18(16-28)8-10-19/h2-15,17,25-26H,1H3,(H,30,31). The molecule has 0 spiro atoms. The minimum Gasteiger partial charge on any atom is -0.268 e. The number of benzene rings is 2. The van der Waals surface area contributed by atoms with Gasteiger partial charge in [0.1, 0.15) is 11.6 Å². The number of nitrogens with one attached hydrogen (secondary N) is 1. The molecule has 2 unspecified atom stereocenters. The summed E-state index contributed by atoms with van der Waals surface area (Å²) < 4.78 is 39.8. The van der Waals surface area contributed by atoms with Gasteiger partial charge in [0, 0.05) is 24.2 Å². The Hall–Kier alpha value is -4.09. The quantitative estimate of drug-likeness (QED) is 0.416. The Balaban J connectivity index is 1.93. The third-order valence-electron chi connectivity index (χ3n) is 5.38. The molecule has 0 aliphatic rings. The largest absolute Gasteiger partial charge is 0.268 e. The molecular formula is C26H21FN4O2S. The molecule has 0 amide bonds. The second-order valence-corrected chi connectivity index (χ2v) is 9.60. The van der Waals surface area contributed by atoms with Crippen molar-refractivity contribution < 1.29 is 12.8 Å². The van der Waals surface area contributed by atoms with Gasteiger partial charge >= 0.3 is 0 Å². The molecule has 1 N–H and O–H groups in total. The second-order valence-electron chi connectivity index (χ2n) is 7.85. The van der Waals surface area contributed by atoms with Crippen LogP contribution in [0, 0.1) is 17.1 Å². The van der Waals surface area contributed by atoms with Gasteiger partial charge in [-0.2, -0.15) is 5.26 Å². The molecule has 0 saturated heterocycles. The topological polar surface area (TPSA) is 95.7 Å². The van der Waals surface area contributed by atoms with Crippen LogP contribution in [-0.2, 0) is 10.0 Å². The van der Waals surface area contributed by atoms with Gasteiger partial charge in [-0.25, -0.2) is 17.8 Å². The first kappa shape index (κ1) is 23.1. The monoisotopic (exact) mass is 472 g/mol. The average molecular weight is 473 g/mol. The summed E-state index contributed by atoms with van der Waals surface area (Å²) in [4.78, 5) is 8.90. The fourth-order valence-electron chi connectivity index (χ4n) is 3.98. The van der Waals surface area contributed by atoms with Crippen LogP contribution < -0.4 is 4.72 Å². The SMILES string of the molecule is CS(=O)(=O)Nc1cccc(C(c2ccc(F)cc2)C(c2ccc(C#N)cc2)c2cccnc2)n1. The number of anilines is 1. The van der Waals surface area contributed by atoms with Crippen LogP contribution in [0.1, 0.15) is 39.8 Å². The highest BCUT2D eigenvalue weighted by Crippen LogP contribution is 2.42. The maximum absolute atomic E-state index is 13.8. The van der Waals surface area contributed by atoms with Gasteiger partial charge in [-0.15, -0.1) is 0 Å². The van der Waals surface area contributed by atoms with Gasteiger partial charge < -0.3 is 0 Å². The molecule has 34 heavy (non-hydrogen) atoms. The number of pyridine rings is 2. The summed E-state index contributed by atoms with van der Waals surface area (Å²) in [7, 11) is -3.52. The number of halogens is 1. The normalized spacial score (nSPS) is 13.0. The first-order valence-corrected chi connectivity index (χ1v) is 12.3. The van der Waals surface area contributed by atoms with E-state index in [2.05, 4.69) is 20.8 Å².